The highest BCUT2D eigenvalue weighted by atomic mass is 127. The highest BCUT2D eigenvalue weighted by molar-refractivity contribution is 14.0. The molecule has 1 fully saturated rings. The van der Waals surface area contributed by atoms with E-state index in [1.54, 1.807) is 6.08 Å². The molecule has 1 aliphatic heterocycles. The van der Waals surface area contributed by atoms with Gasteiger partial charge in [0.15, 0.2) is 5.96 Å². The zero-order valence-corrected chi connectivity index (χ0v) is 16.8. The Balaban J connectivity index is 0.00000288. The predicted molar refractivity (Wildman–Crippen MR) is 109 cm³/mol. The van der Waals surface area contributed by atoms with Crippen molar-refractivity contribution in [1.82, 2.24) is 10.6 Å². The van der Waals surface area contributed by atoms with Gasteiger partial charge in [-0.1, -0.05) is 37.8 Å². The van der Waals surface area contributed by atoms with Crippen molar-refractivity contribution < 1.29 is 9.47 Å². The third-order valence-electron chi connectivity index (χ3n) is 3.66. The van der Waals surface area contributed by atoms with Gasteiger partial charge >= 0.3 is 0 Å². The van der Waals surface area contributed by atoms with Crippen LogP contribution in [0.3, 0.4) is 0 Å². The molecule has 6 heteroatoms. The van der Waals surface area contributed by atoms with Crippen LogP contribution in [0.5, 0.6) is 5.75 Å². The summed E-state index contributed by atoms with van der Waals surface area (Å²) in [4.78, 5) is 4.66. The topological polar surface area (TPSA) is 54.9 Å². The smallest absolute Gasteiger partial charge is 0.191 e. The van der Waals surface area contributed by atoms with Crippen molar-refractivity contribution in [2.75, 3.05) is 32.9 Å². The van der Waals surface area contributed by atoms with E-state index in [0.717, 1.165) is 43.6 Å². The third-order valence-corrected chi connectivity index (χ3v) is 3.66. The quantitative estimate of drug-likeness (QED) is 0.280. The number of hydrogen-bond donors (Lipinski definition) is 2. The number of halogens is 1. The molecule has 0 amide bonds. The lowest BCUT2D eigenvalue weighted by Crippen LogP contribution is -2.51. The van der Waals surface area contributed by atoms with Gasteiger partial charge in [-0.25, -0.2) is 4.99 Å². The van der Waals surface area contributed by atoms with Gasteiger partial charge in [-0.05, 0) is 13.0 Å². The van der Waals surface area contributed by atoms with E-state index in [1.807, 2.05) is 24.3 Å². The van der Waals surface area contributed by atoms with Gasteiger partial charge in [-0.2, -0.15) is 0 Å². The summed E-state index contributed by atoms with van der Waals surface area (Å²) >= 11 is 0. The van der Waals surface area contributed by atoms with Crippen LogP contribution in [0.2, 0.25) is 0 Å². The Kier molecular flexibility index (Phi) is 9.13. The van der Waals surface area contributed by atoms with E-state index in [-0.39, 0.29) is 29.4 Å². The normalized spacial score (nSPS) is 15.7. The summed E-state index contributed by atoms with van der Waals surface area (Å²) in [6.45, 7) is 12.3. The fourth-order valence-corrected chi connectivity index (χ4v) is 2.28. The molecule has 1 aliphatic rings. The van der Waals surface area contributed by atoms with Crippen molar-refractivity contribution in [3.8, 4) is 5.75 Å². The number of ether oxygens (including phenoxy) is 2. The summed E-state index contributed by atoms with van der Waals surface area (Å²) in [5, 5.41) is 6.68. The Bertz CT molecular complexity index is 545. The average Bonchev–Trinajstić information content (AvgIpc) is 2.54. The average molecular weight is 445 g/mol. The molecule has 5 nitrogen and oxygen atoms in total. The number of nitrogens with zero attached hydrogens (tertiary/aromatic N) is 1. The summed E-state index contributed by atoms with van der Waals surface area (Å²) in [5.41, 5.74) is 1.27. The molecule has 0 spiro atoms. The van der Waals surface area contributed by atoms with Crippen molar-refractivity contribution in [3.63, 3.8) is 0 Å². The molecule has 1 heterocycles. The maximum atomic E-state index is 5.67. The second-order valence-electron chi connectivity index (χ2n) is 6.06. The van der Waals surface area contributed by atoms with Crippen LogP contribution in [0.25, 0.3) is 0 Å². The summed E-state index contributed by atoms with van der Waals surface area (Å²) in [6, 6.07) is 7.96. The summed E-state index contributed by atoms with van der Waals surface area (Å²) in [6.07, 6.45) is 1.74. The van der Waals surface area contributed by atoms with Crippen LogP contribution in [0.4, 0.5) is 0 Å². The number of benzene rings is 1. The molecule has 134 valence electrons. The second kappa shape index (κ2) is 10.6. The van der Waals surface area contributed by atoms with E-state index in [9.17, 15) is 0 Å². The van der Waals surface area contributed by atoms with Gasteiger partial charge in [-0.15, -0.1) is 24.0 Å². The highest BCUT2D eigenvalue weighted by Gasteiger charge is 2.33. The van der Waals surface area contributed by atoms with Gasteiger partial charge in [-0.3, -0.25) is 0 Å². The maximum Gasteiger partial charge on any atom is 0.191 e. The van der Waals surface area contributed by atoms with Gasteiger partial charge in [0.05, 0.1) is 19.8 Å². The van der Waals surface area contributed by atoms with Crippen LogP contribution in [0.1, 0.15) is 19.4 Å². The Labute approximate surface area is 161 Å². The van der Waals surface area contributed by atoms with Gasteiger partial charge in [0.25, 0.3) is 0 Å². The van der Waals surface area contributed by atoms with Crippen LogP contribution >= 0.6 is 24.0 Å². The van der Waals surface area contributed by atoms with Gasteiger partial charge in [0.2, 0.25) is 0 Å². The van der Waals surface area contributed by atoms with Crippen LogP contribution < -0.4 is 15.4 Å². The van der Waals surface area contributed by atoms with Crippen molar-refractivity contribution in [3.05, 3.63) is 42.5 Å². The standard InChI is InChI=1S/C18H27N3O2.HI/c1-4-10-23-16-9-7-6-8-15(16)11-20-17(19-5-2)21-12-18(3)13-22-14-18;/h4,6-9H,1,5,10-14H2,2-3H3,(H2,19,20,21);1H. The largest absolute Gasteiger partial charge is 0.489 e. The molecule has 1 aromatic rings. The second-order valence-corrected chi connectivity index (χ2v) is 6.06. The first-order valence-electron chi connectivity index (χ1n) is 8.08. The Morgan fingerprint density at radius 3 is 2.75 bits per heavy atom. The SMILES string of the molecule is C=CCOc1ccccc1CN=C(NCC)NCC1(C)COC1.I. The molecule has 0 unspecified atom stereocenters. The van der Waals surface area contributed by atoms with Gasteiger partial charge in [0.1, 0.15) is 12.4 Å². The minimum Gasteiger partial charge on any atom is -0.489 e. The van der Waals surface area contributed by atoms with E-state index in [0.29, 0.717) is 13.2 Å². The first-order valence-corrected chi connectivity index (χ1v) is 8.08. The zero-order chi connectivity index (χ0) is 16.5. The molecule has 0 radical (unpaired) electrons. The lowest BCUT2D eigenvalue weighted by atomic mass is 9.89. The van der Waals surface area contributed by atoms with Gasteiger partial charge < -0.3 is 20.1 Å². The molecule has 0 bridgehead atoms. The van der Waals surface area contributed by atoms with Crippen LogP contribution in [0, 0.1) is 5.41 Å². The lowest BCUT2D eigenvalue weighted by molar-refractivity contribution is -0.0971. The highest BCUT2D eigenvalue weighted by Crippen LogP contribution is 2.25. The minimum absolute atomic E-state index is 0. The van der Waals surface area contributed by atoms with E-state index in [2.05, 4.69) is 36.1 Å². The molecule has 0 aromatic heterocycles. The van der Waals surface area contributed by atoms with E-state index in [4.69, 9.17) is 9.47 Å². The fraction of sp³-hybridized carbons (Fsp3) is 0.500. The molecule has 1 aromatic carbocycles. The first kappa shape index (κ1) is 20.8. The van der Waals surface area contributed by atoms with Crippen molar-refractivity contribution in [1.29, 1.82) is 0 Å². The predicted octanol–water partition coefficient (Wildman–Crippen LogP) is 2.96. The van der Waals surface area contributed by atoms with Gasteiger partial charge in [0, 0.05) is 24.1 Å². The number of para-hydroxylation sites is 1. The molecule has 2 N–H and O–H groups in total. The Morgan fingerprint density at radius 2 is 2.12 bits per heavy atom. The van der Waals surface area contributed by atoms with Crippen molar-refractivity contribution in [2.45, 2.75) is 20.4 Å². The van der Waals surface area contributed by atoms with E-state index in [1.165, 1.54) is 0 Å². The number of hydrogen-bond acceptors (Lipinski definition) is 3. The summed E-state index contributed by atoms with van der Waals surface area (Å²) in [5.74, 6) is 1.67. The lowest BCUT2D eigenvalue weighted by Gasteiger charge is -2.38. The molecule has 1 saturated heterocycles. The third kappa shape index (κ3) is 6.32. The Hall–Kier alpha value is -1.28. The van der Waals surface area contributed by atoms with Crippen LogP contribution in [-0.4, -0.2) is 38.9 Å². The first-order chi connectivity index (χ1) is 11.2. The molecule has 0 aliphatic carbocycles. The number of rotatable bonds is 8. The van der Waals surface area contributed by atoms with E-state index >= 15 is 0 Å². The molecular formula is C18H28IN3O2. The summed E-state index contributed by atoms with van der Waals surface area (Å²) < 4.78 is 11.0. The monoisotopic (exact) mass is 445 g/mol. The molecule has 24 heavy (non-hydrogen) atoms. The van der Waals surface area contributed by atoms with Crippen LogP contribution in [0.15, 0.2) is 41.9 Å². The minimum atomic E-state index is 0. The maximum absolute atomic E-state index is 5.67. The van der Waals surface area contributed by atoms with Crippen LogP contribution in [-0.2, 0) is 11.3 Å². The summed E-state index contributed by atoms with van der Waals surface area (Å²) in [7, 11) is 0. The molecule has 2 rings (SSSR count). The molecular weight excluding hydrogens is 417 g/mol. The van der Waals surface area contributed by atoms with Crippen molar-refractivity contribution in [2.24, 2.45) is 10.4 Å². The number of nitrogens with one attached hydrogen (secondary N) is 2. The number of aliphatic imine (C=N–C) groups is 1. The molecule has 0 atom stereocenters. The number of guanidine groups is 1. The fourth-order valence-electron chi connectivity index (χ4n) is 2.28. The molecule has 0 saturated carbocycles. The van der Waals surface area contributed by atoms with Crippen molar-refractivity contribution >= 4 is 29.9 Å². The Morgan fingerprint density at radius 1 is 1.38 bits per heavy atom. The van der Waals surface area contributed by atoms with E-state index < -0.39 is 0 Å². The zero-order valence-electron chi connectivity index (χ0n) is 14.5.